The van der Waals surface area contributed by atoms with Crippen molar-refractivity contribution < 1.29 is 28.9 Å². The fourth-order valence-electron chi connectivity index (χ4n) is 3.94. The number of Topliss-reactive ketones (excluding diaryl/α,β-unsaturated/α-hetero) is 1. The highest BCUT2D eigenvalue weighted by atomic mass is 16.6. The minimum absolute atomic E-state index is 0.0584. The van der Waals surface area contributed by atoms with E-state index >= 15 is 0 Å². The second-order valence-corrected chi connectivity index (χ2v) is 9.10. The van der Waals surface area contributed by atoms with Crippen LogP contribution in [-0.2, 0) is 9.53 Å². The lowest BCUT2D eigenvalue weighted by Gasteiger charge is -2.29. The first-order valence-electron chi connectivity index (χ1n) is 12.0. The number of ketones is 1. The van der Waals surface area contributed by atoms with Gasteiger partial charge in [0.1, 0.15) is 18.0 Å². The molecule has 3 atom stereocenters. The number of benzene rings is 2. The maximum Gasteiger partial charge on any atom is 0.309 e. The molecule has 0 bridgehead atoms. The Morgan fingerprint density at radius 2 is 1.64 bits per heavy atom. The van der Waals surface area contributed by atoms with Crippen LogP contribution in [0.15, 0.2) is 66.9 Å². The monoisotopic (exact) mass is 491 g/mol. The SMILES string of the molecule is COc1ccnc(C(=O)C[C@@H](C)C(=O)O[C@@H](C)[C@H](Oc2cccc(-c3ccccc3)c2)C(C)C)c1O. The summed E-state index contributed by atoms with van der Waals surface area (Å²) in [6.45, 7) is 7.40. The molecule has 1 aromatic heterocycles. The van der Waals surface area contributed by atoms with Crippen LogP contribution in [0.3, 0.4) is 0 Å². The van der Waals surface area contributed by atoms with Crippen LogP contribution in [0, 0.1) is 11.8 Å². The second kappa shape index (κ2) is 12.2. The molecule has 0 aliphatic rings. The molecule has 0 saturated heterocycles. The fourth-order valence-corrected chi connectivity index (χ4v) is 3.94. The third kappa shape index (κ3) is 6.62. The molecule has 0 aliphatic carbocycles. The van der Waals surface area contributed by atoms with Gasteiger partial charge in [0, 0.05) is 18.7 Å². The van der Waals surface area contributed by atoms with Crippen LogP contribution in [0.25, 0.3) is 11.1 Å². The molecule has 0 spiro atoms. The molecular formula is C29H33NO6. The first-order chi connectivity index (χ1) is 17.2. The third-order valence-corrected chi connectivity index (χ3v) is 5.90. The largest absolute Gasteiger partial charge is 0.503 e. The molecule has 0 radical (unpaired) electrons. The number of rotatable bonds is 11. The Bertz CT molecular complexity index is 1180. The minimum Gasteiger partial charge on any atom is -0.503 e. The standard InChI is InChI=1S/C29H33NO6/c1-18(2)28(36-23-13-9-12-22(17-23)21-10-7-6-8-11-21)20(4)35-29(33)19(3)16-24(31)26-27(32)25(34-5)14-15-30-26/h6-15,17-20,28,32H,16H2,1-5H3/t19-,20+,28-/m1/s1. The van der Waals surface area contributed by atoms with Crippen LogP contribution in [0.4, 0.5) is 0 Å². The van der Waals surface area contributed by atoms with E-state index < -0.39 is 29.9 Å². The van der Waals surface area contributed by atoms with Gasteiger partial charge in [-0.15, -0.1) is 0 Å². The maximum atomic E-state index is 12.8. The third-order valence-electron chi connectivity index (χ3n) is 5.90. The molecule has 7 heteroatoms. The van der Waals surface area contributed by atoms with Crippen LogP contribution in [0.2, 0.25) is 0 Å². The van der Waals surface area contributed by atoms with Crippen molar-refractivity contribution in [2.75, 3.05) is 7.11 Å². The molecule has 2 aromatic carbocycles. The number of carbonyl (C=O) groups is 2. The Kier molecular flexibility index (Phi) is 9.06. The van der Waals surface area contributed by atoms with Gasteiger partial charge in [-0.2, -0.15) is 0 Å². The summed E-state index contributed by atoms with van der Waals surface area (Å²) >= 11 is 0. The van der Waals surface area contributed by atoms with Gasteiger partial charge < -0.3 is 19.3 Å². The van der Waals surface area contributed by atoms with Crippen LogP contribution < -0.4 is 9.47 Å². The van der Waals surface area contributed by atoms with E-state index in [1.54, 1.807) is 13.8 Å². The summed E-state index contributed by atoms with van der Waals surface area (Å²) in [5.41, 5.74) is 1.98. The Labute approximate surface area is 212 Å². The van der Waals surface area contributed by atoms with Crippen LogP contribution in [0.1, 0.15) is 44.6 Å². The molecule has 0 saturated carbocycles. The Morgan fingerprint density at radius 3 is 2.31 bits per heavy atom. The summed E-state index contributed by atoms with van der Waals surface area (Å²) < 4.78 is 17.0. The van der Waals surface area contributed by atoms with E-state index in [0.717, 1.165) is 11.1 Å². The molecule has 1 N–H and O–H groups in total. The highest BCUT2D eigenvalue weighted by Crippen LogP contribution is 2.30. The average Bonchev–Trinajstić information content (AvgIpc) is 2.87. The second-order valence-electron chi connectivity index (χ2n) is 9.10. The molecule has 7 nitrogen and oxygen atoms in total. The van der Waals surface area contributed by atoms with Gasteiger partial charge >= 0.3 is 5.97 Å². The summed E-state index contributed by atoms with van der Waals surface area (Å²) in [7, 11) is 1.38. The number of ether oxygens (including phenoxy) is 3. The highest BCUT2D eigenvalue weighted by molar-refractivity contribution is 5.99. The van der Waals surface area contributed by atoms with E-state index in [4.69, 9.17) is 14.2 Å². The van der Waals surface area contributed by atoms with Crippen molar-refractivity contribution >= 4 is 11.8 Å². The zero-order chi connectivity index (χ0) is 26.2. The summed E-state index contributed by atoms with van der Waals surface area (Å²) in [6, 6.07) is 19.3. The molecule has 0 unspecified atom stereocenters. The maximum absolute atomic E-state index is 12.8. The van der Waals surface area contributed by atoms with Crippen molar-refractivity contribution in [2.45, 2.75) is 46.3 Å². The van der Waals surface area contributed by atoms with Crippen molar-refractivity contribution in [2.24, 2.45) is 11.8 Å². The van der Waals surface area contributed by atoms with Crippen LogP contribution in [-0.4, -0.2) is 41.2 Å². The molecule has 0 aliphatic heterocycles. The molecule has 3 rings (SSSR count). The first kappa shape index (κ1) is 26.7. The Balaban J connectivity index is 1.65. The van der Waals surface area contributed by atoms with Gasteiger partial charge in [0.2, 0.25) is 0 Å². The van der Waals surface area contributed by atoms with Crippen molar-refractivity contribution in [1.29, 1.82) is 0 Å². The molecule has 1 heterocycles. The number of nitrogens with zero attached hydrogens (tertiary/aromatic N) is 1. The number of esters is 1. The Hall–Kier alpha value is -3.87. The lowest BCUT2D eigenvalue weighted by atomic mass is 10.0. The Morgan fingerprint density at radius 1 is 0.944 bits per heavy atom. The minimum atomic E-state index is -0.735. The van der Waals surface area contributed by atoms with Crippen molar-refractivity contribution in [1.82, 2.24) is 4.98 Å². The average molecular weight is 492 g/mol. The summed E-state index contributed by atoms with van der Waals surface area (Å²) in [5.74, 6) is -1.19. The van der Waals surface area contributed by atoms with Crippen molar-refractivity contribution in [3.8, 4) is 28.4 Å². The van der Waals surface area contributed by atoms with E-state index in [1.807, 2.05) is 68.4 Å². The number of aromatic nitrogens is 1. The molecule has 36 heavy (non-hydrogen) atoms. The van der Waals surface area contributed by atoms with Gasteiger partial charge in [0.15, 0.2) is 23.0 Å². The molecule has 3 aromatic rings. The summed E-state index contributed by atoms with van der Waals surface area (Å²) in [5, 5.41) is 10.2. The van der Waals surface area contributed by atoms with Gasteiger partial charge in [0.05, 0.1) is 13.0 Å². The highest BCUT2D eigenvalue weighted by Gasteiger charge is 2.30. The molecular weight excluding hydrogens is 458 g/mol. The van der Waals surface area contributed by atoms with Crippen molar-refractivity contribution in [3.05, 3.63) is 72.6 Å². The number of hydrogen-bond donors (Lipinski definition) is 1. The van der Waals surface area contributed by atoms with Gasteiger partial charge in [0.25, 0.3) is 0 Å². The van der Waals surface area contributed by atoms with Crippen LogP contribution in [0.5, 0.6) is 17.2 Å². The van der Waals surface area contributed by atoms with Gasteiger partial charge in [-0.3, -0.25) is 9.59 Å². The lowest BCUT2D eigenvalue weighted by Crippen LogP contribution is -2.38. The van der Waals surface area contributed by atoms with Gasteiger partial charge in [-0.25, -0.2) is 4.98 Å². The number of pyridine rings is 1. The lowest BCUT2D eigenvalue weighted by molar-refractivity contribution is -0.158. The predicted octanol–water partition coefficient (Wildman–Crippen LogP) is 5.71. The normalized spacial score (nSPS) is 13.5. The number of hydrogen-bond acceptors (Lipinski definition) is 7. The first-order valence-corrected chi connectivity index (χ1v) is 12.0. The van der Waals surface area contributed by atoms with Gasteiger partial charge in [-0.05, 0) is 36.1 Å². The van der Waals surface area contributed by atoms with Crippen molar-refractivity contribution in [3.63, 3.8) is 0 Å². The summed E-state index contributed by atoms with van der Waals surface area (Å²) in [4.78, 5) is 29.4. The smallest absolute Gasteiger partial charge is 0.309 e. The van der Waals surface area contributed by atoms with Crippen LogP contribution >= 0.6 is 0 Å². The quantitative estimate of drug-likeness (QED) is 0.271. The topological polar surface area (TPSA) is 95.0 Å². The van der Waals surface area contributed by atoms with E-state index in [2.05, 4.69) is 4.98 Å². The predicted molar refractivity (Wildman–Crippen MR) is 137 cm³/mol. The van der Waals surface area contributed by atoms with E-state index in [0.29, 0.717) is 5.75 Å². The number of carbonyl (C=O) groups excluding carboxylic acids is 2. The fraction of sp³-hybridized carbons (Fsp3) is 0.345. The zero-order valence-corrected chi connectivity index (χ0v) is 21.3. The van der Waals surface area contributed by atoms with Gasteiger partial charge in [-0.1, -0.05) is 63.2 Å². The van der Waals surface area contributed by atoms with E-state index in [1.165, 1.54) is 19.4 Å². The summed E-state index contributed by atoms with van der Waals surface area (Å²) in [6.07, 6.45) is 0.255. The molecule has 0 fully saturated rings. The number of methoxy groups -OCH3 is 1. The van der Waals surface area contributed by atoms with E-state index in [9.17, 15) is 14.7 Å². The number of aromatic hydroxyl groups is 1. The molecule has 0 amide bonds. The molecule has 190 valence electrons. The van der Waals surface area contributed by atoms with E-state index in [-0.39, 0.29) is 29.5 Å². The zero-order valence-electron chi connectivity index (χ0n) is 21.3.